The van der Waals surface area contributed by atoms with Gasteiger partial charge >= 0.3 is 0 Å². The van der Waals surface area contributed by atoms with Crippen molar-refractivity contribution in [2.24, 2.45) is 5.92 Å². The van der Waals surface area contributed by atoms with Crippen molar-refractivity contribution in [3.05, 3.63) is 17.7 Å². The van der Waals surface area contributed by atoms with Crippen LogP contribution >= 0.6 is 0 Å². The highest BCUT2D eigenvalue weighted by molar-refractivity contribution is 5.04. The maximum atomic E-state index is 4.56. The normalized spacial score (nSPS) is 21.2. The zero-order chi connectivity index (χ0) is 11.4. The van der Waals surface area contributed by atoms with Crippen molar-refractivity contribution in [1.29, 1.82) is 0 Å². The molecule has 1 aromatic rings. The van der Waals surface area contributed by atoms with E-state index in [0.29, 0.717) is 0 Å². The summed E-state index contributed by atoms with van der Waals surface area (Å²) < 4.78 is 2.38. The van der Waals surface area contributed by atoms with Gasteiger partial charge in [0.15, 0.2) is 0 Å². The Balaban J connectivity index is 2.02. The first-order chi connectivity index (χ1) is 7.81. The summed E-state index contributed by atoms with van der Waals surface area (Å²) in [6.07, 6.45) is 7.01. The molecule has 1 aliphatic rings. The minimum absolute atomic E-state index is 0.783. The summed E-state index contributed by atoms with van der Waals surface area (Å²) in [5.74, 6) is 2.07. The second kappa shape index (κ2) is 5.48. The van der Waals surface area contributed by atoms with Crippen LogP contribution in [0.1, 0.15) is 37.7 Å². The lowest BCUT2D eigenvalue weighted by Gasteiger charge is -2.22. The van der Waals surface area contributed by atoms with Crippen LogP contribution in [0.2, 0.25) is 0 Å². The van der Waals surface area contributed by atoms with Crippen LogP contribution in [0, 0.1) is 12.8 Å². The molecule has 16 heavy (non-hydrogen) atoms. The van der Waals surface area contributed by atoms with Crippen LogP contribution in [-0.2, 0) is 13.0 Å². The molecular weight excluding hydrogens is 198 g/mol. The molecule has 0 amide bonds. The van der Waals surface area contributed by atoms with Gasteiger partial charge in [-0.05, 0) is 45.2 Å². The van der Waals surface area contributed by atoms with Crippen LogP contribution in [0.25, 0.3) is 0 Å². The zero-order valence-electron chi connectivity index (χ0n) is 10.5. The summed E-state index contributed by atoms with van der Waals surface area (Å²) in [7, 11) is 0. The zero-order valence-corrected chi connectivity index (χ0v) is 10.5. The van der Waals surface area contributed by atoms with Gasteiger partial charge in [-0.15, -0.1) is 0 Å². The largest absolute Gasteiger partial charge is 0.332 e. The van der Waals surface area contributed by atoms with Gasteiger partial charge in [-0.25, -0.2) is 4.98 Å². The van der Waals surface area contributed by atoms with Crippen LogP contribution < -0.4 is 5.32 Å². The predicted octanol–water partition coefficient (Wildman–Crippen LogP) is 2.14. The molecule has 1 N–H and O–H groups in total. The van der Waals surface area contributed by atoms with Crippen molar-refractivity contribution >= 4 is 0 Å². The molecule has 2 heterocycles. The van der Waals surface area contributed by atoms with E-state index in [-0.39, 0.29) is 0 Å². The van der Waals surface area contributed by atoms with Gasteiger partial charge in [0.05, 0.1) is 0 Å². The molecule has 0 aliphatic carbocycles. The fourth-order valence-electron chi connectivity index (χ4n) is 2.56. The fourth-order valence-corrected chi connectivity index (χ4v) is 2.56. The van der Waals surface area contributed by atoms with E-state index in [9.17, 15) is 0 Å². The standard InChI is InChI=1S/C13H23N3/c1-3-7-16-11(2)9-15-13(16)8-12-5-4-6-14-10-12/h9,12,14H,3-8,10H2,1-2H3. The van der Waals surface area contributed by atoms with E-state index >= 15 is 0 Å². The van der Waals surface area contributed by atoms with E-state index in [2.05, 4.69) is 28.7 Å². The first-order valence-corrected chi connectivity index (χ1v) is 6.53. The van der Waals surface area contributed by atoms with Crippen LogP contribution in [0.15, 0.2) is 6.20 Å². The molecule has 1 saturated heterocycles. The average molecular weight is 221 g/mol. The monoisotopic (exact) mass is 221 g/mol. The molecule has 1 unspecified atom stereocenters. The smallest absolute Gasteiger partial charge is 0.109 e. The molecule has 90 valence electrons. The summed E-state index contributed by atoms with van der Waals surface area (Å²) in [6.45, 7) is 7.86. The number of aromatic nitrogens is 2. The highest BCUT2D eigenvalue weighted by Gasteiger charge is 2.16. The molecule has 3 heteroatoms. The number of piperidine rings is 1. The summed E-state index contributed by atoms with van der Waals surface area (Å²) in [4.78, 5) is 4.56. The van der Waals surface area contributed by atoms with Crippen molar-refractivity contribution in [1.82, 2.24) is 14.9 Å². The maximum Gasteiger partial charge on any atom is 0.109 e. The van der Waals surface area contributed by atoms with Crippen molar-refractivity contribution in [2.45, 2.75) is 46.1 Å². The van der Waals surface area contributed by atoms with Gasteiger partial charge in [0.25, 0.3) is 0 Å². The highest BCUT2D eigenvalue weighted by atomic mass is 15.1. The van der Waals surface area contributed by atoms with Crippen LogP contribution in [0.4, 0.5) is 0 Å². The Morgan fingerprint density at radius 3 is 3.12 bits per heavy atom. The second-order valence-electron chi connectivity index (χ2n) is 4.88. The number of imidazole rings is 1. The Bertz CT molecular complexity index is 324. The molecule has 2 rings (SSSR count). The minimum atomic E-state index is 0.783. The minimum Gasteiger partial charge on any atom is -0.332 e. The third-order valence-corrected chi connectivity index (χ3v) is 3.46. The third kappa shape index (κ3) is 2.64. The highest BCUT2D eigenvalue weighted by Crippen LogP contribution is 2.17. The maximum absolute atomic E-state index is 4.56. The Labute approximate surface area is 98.3 Å². The number of nitrogens with zero attached hydrogens (tertiary/aromatic N) is 2. The Kier molecular flexibility index (Phi) is 3.99. The van der Waals surface area contributed by atoms with Gasteiger partial charge in [-0.1, -0.05) is 6.92 Å². The van der Waals surface area contributed by atoms with E-state index in [0.717, 1.165) is 25.4 Å². The molecule has 0 radical (unpaired) electrons. The summed E-state index contributed by atoms with van der Waals surface area (Å²) >= 11 is 0. The van der Waals surface area contributed by atoms with Crippen LogP contribution in [-0.4, -0.2) is 22.6 Å². The first kappa shape index (κ1) is 11.6. The van der Waals surface area contributed by atoms with E-state index in [1.807, 2.05) is 6.20 Å². The van der Waals surface area contributed by atoms with E-state index < -0.39 is 0 Å². The molecule has 0 aromatic carbocycles. The van der Waals surface area contributed by atoms with E-state index in [1.54, 1.807) is 0 Å². The first-order valence-electron chi connectivity index (χ1n) is 6.53. The van der Waals surface area contributed by atoms with E-state index in [1.165, 1.54) is 37.3 Å². The Morgan fingerprint density at radius 2 is 2.44 bits per heavy atom. The molecule has 0 bridgehead atoms. The van der Waals surface area contributed by atoms with Crippen molar-refractivity contribution in [3.8, 4) is 0 Å². The van der Waals surface area contributed by atoms with Crippen molar-refractivity contribution in [2.75, 3.05) is 13.1 Å². The summed E-state index contributed by atoms with van der Waals surface area (Å²) in [6, 6.07) is 0. The second-order valence-corrected chi connectivity index (χ2v) is 4.88. The fraction of sp³-hybridized carbons (Fsp3) is 0.769. The lowest BCUT2D eigenvalue weighted by atomic mass is 9.96. The third-order valence-electron chi connectivity index (χ3n) is 3.46. The number of hydrogen-bond donors (Lipinski definition) is 1. The SMILES string of the molecule is CCCn1c(C)cnc1CC1CCCNC1. The van der Waals surface area contributed by atoms with Gasteiger partial charge in [0.2, 0.25) is 0 Å². The summed E-state index contributed by atoms with van der Waals surface area (Å²) in [5, 5.41) is 3.48. The lowest BCUT2D eigenvalue weighted by Crippen LogP contribution is -2.31. The predicted molar refractivity (Wildman–Crippen MR) is 66.6 cm³/mol. The Morgan fingerprint density at radius 1 is 1.56 bits per heavy atom. The molecule has 1 aromatic heterocycles. The number of nitrogens with one attached hydrogen (secondary N) is 1. The van der Waals surface area contributed by atoms with Gasteiger partial charge in [0.1, 0.15) is 5.82 Å². The van der Waals surface area contributed by atoms with Crippen LogP contribution in [0.5, 0.6) is 0 Å². The number of rotatable bonds is 4. The van der Waals surface area contributed by atoms with Crippen molar-refractivity contribution < 1.29 is 0 Å². The lowest BCUT2D eigenvalue weighted by molar-refractivity contribution is 0.365. The molecule has 1 atom stereocenters. The average Bonchev–Trinajstić information content (AvgIpc) is 2.64. The molecule has 1 aliphatic heterocycles. The molecule has 0 saturated carbocycles. The van der Waals surface area contributed by atoms with E-state index in [4.69, 9.17) is 0 Å². The molecular formula is C13H23N3. The van der Waals surface area contributed by atoms with Gasteiger partial charge < -0.3 is 9.88 Å². The number of aryl methyl sites for hydroxylation is 1. The number of hydrogen-bond acceptors (Lipinski definition) is 2. The topological polar surface area (TPSA) is 29.9 Å². The quantitative estimate of drug-likeness (QED) is 0.844. The van der Waals surface area contributed by atoms with Gasteiger partial charge in [0, 0.05) is 24.9 Å². The van der Waals surface area contributed by atoms with Gasteiger partial charge in [-0.2, -0.15) is 0 Å². The molecule has 3 nitrogen and oxygen atoms in total. The summed E-state index contributed by atoms with van der Waals surface area (Å²) in [5.41, 5.74) is 1.31. The Hall–Kier alpha value is -0.830. The molecule has 1 fully saturated rings. The molecule has 0 spiro atoms. The van der Waals surface area contributed by atoms with Crippen LogP contribution in [0.3, 0.4) is 0 Å². The van der Waals surface area contributed by atoms with Crippen molar-refractivity contribution in [3.63, 3.8) is 0 Å². The van der Waals surface area contributed by atoms with Gasteiger partial charge in [-0.3, -0.25) is 0 Å².